The number of carbonyl (C=O) groups excluding carboxylic acids is 6. The van der Waals surface area contributed by atoms with Gasteiger partial charge in [-0.3, -0.25) is 24.5 Å². The van der Waals surface area contributed by atoms with Crippen molar-refractivity contribution in [2.45, 2.75) is 84.2 Å². The number of nitrogens with two attached hydrogens (primary N) is 1. The smallest absolute Gasteiger partial charge is 0.548 e. The van der Waals surface area contributed by atoms with Gasteiger partial charge in [-0.1, -0.05) is 60.7 Å². The van der Waals surface area contributed by atoms with Gasteiger partial charge in [-0.2, -0.15) is 0 Å². The van der Waals surface area contributed by atoms with E-state index in [1.807, 2.05) is 0 Å². The molecule has 3 heterocycles. The maximum Gasteiger partial charge on any atom is 1.00 e. The summed E-state index contributed by atoms with van der Waals surface area (Å²) in [6.07, 6.45) is 0. The van der Waals surface area contributed by atoms with Crippen LogP contribution in [-0.4, -0.2) is 84.9 Å². The maximum absolute atomic E-state index is 14.1. The Kier molecular flexibility index (Phi) is 14.1. The average Bonchev–Trinajstić information content (AvgIpc) is 3.50. The van der Waals surface area contributed by atoms with Crippen molar-refractivity contribution in [2.75, 3.05) is 0 Å². The molecule has 256 valence electrons. The van der Waals surface area contributed by atoms with Crippen molar-refractivity contribution >= 4 is 59.1 Å². The molecule has 5 rings (SSSR count). The van der Waals surface area contributed by atoms with Crippen molar-refractivity contribution in [3.05, 3.63) is 71.8 Å². The van der Waals surface area contributed by atoms with E-state index in [0.717, 1.165) is 11.8 Å². The fraction of sp³-hybridized carbons (Fsp3) is 0.438. The van der Waals surface area contributed by atoms with Gasteiger partial charge in [-0.05, 0) is 38.8 Å². The number of hydrogen-bond acceptors (Lipinski definition) is 12. The van der Waals surface area contributed by atoms with E-state index in [1.165, 1.54) is 16.7 Å². The summed E-state index contributed by atoms with van der Waals surface area (Å²) in [6, 6.07) is 9.26. The molecule has 3 saturated heterocycles. The zero-order valence-electron chi connectivity index (χ0n) is 28.5. The third kappa shape index (κ3) is 8.56. The Morgan fingerprint density at radius 3 is 1.88 bits per heavy atom. The van der Waals surface area contributed by atoms with E-state index in [2.05, 4.69) is 21.3 Å². The molecule has 0 radical (unpaired) electrons. The fourth-order valence-corrected chi connectivity index (χ4v) is 9.29. The number of nitrogens with one attached hydrogen (secondary N) is 4. The molecule has 8 atom stereocenters. The minimum Gasteiger partial charge on any atom is -0.548 e. The van der Waals surface area contributed by atoms with Crippen LogP contribution >= 0.6 is 23.5 Å². The molecule has 0 aromatic heterocycles. The number of carbonyl (C=O) groups is 6. The molecule has 3 fully saturated rings. The summed E-state index contributed by atoms with van der Waals surface area (Å²) in [4.78, 5) is 79.4. The van der Waals surface area contributed by atoms with Gasteiger partial charge in [0.2, 0.25) is 23.6 Å². The monoisotopic (exact) mass is 742 g/mol. The van der Waals surface area contributed by atoms with Crippen LogP contribution in [-0.2, 0) is 28.8 Å². The van der Waals surface area contributed by atoms with E-state index in [0.29, 0.717) is 11.1 Å². The Morgan fingerprint density at radius 2 is 1.36 bits per heavy atom. The standard InChI is InChI=1S/C32H38N6O8S2.2Na/c1-31(2)21(29(43)44)37-26(47-31)19(35-23(39)17(33)15-11-7-5-8-12-15)25(41)34-18(16-13-9-6-10-14-16)24(40)36-20-27(42)38-22(30(45)46)32(3,4)48-28(20)38;;/h5-14,17-22,26,28,37H,33H2,1-4H3,(H,34,41)(H,35,39)(H,36,40)(H,43,44)(H,45,46);;/q;2*+1/p-2/t17-,18-,19?,20-,21+,22+,26?,28-;;/m1../s1. The van der Waals surface area contributed by atoms with E-state index < -0.39 is 92.1 Å². The van der Waals surface area contributed by atoms with E-state index in [4.69, 9.17) is 5.73 Å². The minimum absolute atomic E-state index is 0. The van der Waals surface area contributed by atoms with Gasteiger partial charge in [0, 0.05) is 9.49 Å². The third-order valence-electron chi connectivity index (χ3n) is 8.66. The Morgan fingerprint density at radius 1 is 0.800 bits per heavy atom. The third-order valence-corrected chi connectivity index (χ3v) is 11.7. The molecule has 50 heavy (non-hydrogen) atoms. The average molecular weight is 743 g/mol. The number of hydrogen-bond donors (Lipinski definition) is 5. The first-order valence-corrected chi connectivity index (χ1v) is 16.9. The molecule has 6 N–H and O–H groups in total. The summed E-state index contributed by atoms with van der Waals surface area (Å²) < 4.78 is -1.82. The molecule has 0 saturated carbocycles. The molecule has 0 spiro atoms. The molecule has 18 heteroatoms. The molecular formula is C32H36N6Na2O8S2. The van der Waals surface area contributed by atoms with Crippen LogP contribution in [0.15, 0.2) is 60.7 Å². The molecule has 14 nitrogen and oxygen atoms in total. The van der Waals surface area contributed by atoms with Gasteiger partial charge in [0.25, 0.3) is 0 Å². The molecule has 0 bridgehead atoms. The first kappa shape index (κ1) is 42.3. The summed E-state index contributed by atoms with van der Waals surface area (Å²) in [7, 11) is 0. The molecule has 0 aliphatic carbocycles. The van der Waals surface area contributed by atoms with Crippen LogP contribution in [0.2, 0.25) is 0 Å². The van der Waals surface area contributed by atoms with Crippen LogP contribution in [0.1, 0.15) is 50.9 Å². The Labute approximate surface area is 342 Å². The van der Waals surface area contributed by atoms with Crippen molar-refractivity contribution in [1.82, 2.24) is 26.2 Å². The van der Waals surface area contributed by atoms with Gasteiger partial charge in [0.05, 0.1) is 29.4 Å². The van der Waals surface area contributed by atoms with Crippen LogP contribution in [0.3, 0.4) is 0 Å². The van der Waals surface area contributed by atoms with Crippen LogP contribution in [0.25, 0.3) is 0 Å². The molecule has 4 amide bonds. The zero-order valence-corrected chi connectivity index (χ0v) is 34.1. The maximum atomic E-state index is 14.1. The number of nitrogens with zero attached hydrogens (tertiary/aromatic N) is 1. The molecule has 3 aliphatic heterocycles. The summed E-state index contributed by atoms with van der Waals surface area (Å²) in [5, 5.41) is 33.0. The van der Waals surface area contributed by atoms with Gasteiger partial charge < -0.3 is 46.4 Å². The van der Waals surface area contributed by atoms with Crippen LogP contribution in [0.4, 0.5) is 0 Å². The van der Waals surface area contributed by atoms with Crippen LogP contribution < -0.4 is 96.3 Å². The summed E-state index contributed by atoms with van der Waals surface area (Å²) >= 11 is 2.32. The normalized spacial score (nSPS) is 26.0. The molecule has 2 aromatic carbocycles. The first-order chi connectivity index (χ1) is 22.5. The Hall–Kier alpha value is -2.12. The Bertz CT molecular complexity index is 1620. The van der Waals surface area contributed by atoms with Crippen molar-refractivity contribution < 1.29 is 98.1 Å². The van der Waals surface area contributed by atoms with Crippen LogP contribution in [0, 0.1) is 0 Å². The number of carboxylic acid groups (broad SMARTS) is 2. The van der Waals surface area contributed by atoms with E-state index in [9.17, 15) is 39.0 Å². The van der Waals surface area contributed by atoms with Gasteiger partial charge >= 0.3 is 59.1 Å². The van der Waals surface area contributed by atoms with Gasteiger partial charge in [0.1, 0.15) is 29.5 Å². The minimum atomic E-state index is -1.42. The summed E-state index contributed by atoms with van der Waals surface area (Å²) in [6.45, 7) is 6.66. The Balaban J connectivity index is 0.00000338. The van der Waals surface area contributed by atoms with E-state index in [-0.39, 0.29) is 59.1 Å². The zero-order chi connectivity index (χ0) is 35.1. The SMILES string of the molecule is CC1(C)S[C@@H]2[C@H](NC(=O)[C@H](NC(=O)C(NC(=O)[C@H](N)c3ccccc3)C3N[C@@H](C(=O)[O-])C(C)(C)S3)c3ccccc3)C(=O)N2[C@H]1C(=O)[O-].[Na+].[Na+]. The number of amides is 4. The largest absolute Gasteiger partial charge is 1.00 e. The van der Waals surface area contributed by atoms with Gasteiger partial charge in [0.15, 0.2) is 0 Å². The van der Waals surface area contributed by atoms with E-state index in [1.54, 1.807) is 88.4 Å². The summed E-state index contributed by atoms with van der Waals surface area (Å²) in [5.74, 6) is -5.69. The molecule has 3 aliphatic rings. The van der Waals surface area contributed by atoms with Crippen LogP contribution in [0.5, 0.6) is 0 Å². The second-order valence-corrected chi connectivity index (χ2v) is 16.4. The van der Waals surface area contributed by atoms with Gasteiger partial charge in [-0.15, -0.1) is 23.5 Å². The van der Waals surface area contributed by atoms with E-state index >= 15 is 0 Å². The quantitative estimate of drug-likeness (QED) is 0.107. The van der Waals surface area contributed by atoms with Crippen molar-refractivity contribution in [3.8, 4) is 0 Å². The van der Waals surface area contributed by atoms with Crippen molar-refractivity contribution in [1.29, 1.82) is 0 Å². The van der Waals surface area contributed by atoms with Crippen molar-refractivity contribution in [3.63, 3.8) is 0 Å². The predicted molar refractivity (Wildman–Crippen MR) is 173 cm³/mol. The fourth-order valence-electron chi connectivity index (χ4n) is 6.18. The number of rotatable bonds is 11. The summed E-state index contributed by atoms with van der Waals surface area (Å²) in [5.41, 5.74) is 7.04. The second kappa shape index (κ2) is 16.7. The number of β-lactam (4-membered cyclic amide) rings is 1. The first-order valence-electron chi connectivity index (χ1n) is 15.2. The van der Waals surface area contributed by atoms with Gasteiger partial charge in [-0.25, -0.2) is 0 Å². The number of fused-ring (bicyclic) bond motifs is 1. The topological polar surface area (TPSA) is 226 Å². The molecule has 2 unspecified atom stereocenters. The van der Waals surface area contributed by atoms with Crippen molar-refractivity contribution in [2.24, 2.45) is 5.73 Å². The number of aliphatic carboxylic acids is 2. The molecule has 2 aromatic rings. The number of carboxylic acids is 2. The molecular weight excluding hydrogens is 707 g/mol. The second-order valence-electron chi connectivity index (χ2n) is 12.9. The number of thioether (sulfide) groups is 2. The predicted octanol–water partition coefficient (Wildman–Crippen LogP) is -8.11. The number of benzene rings is 2.